The molecular formula is C50H33BCl3N8. The molecule has 0 amide bonds. The second kappa shape index (κ2) is 22.1. The van der Waals surface area contributed by atoms with E-state index in [1.54, 1.807) is 30.3 Å². The highest BCUT2D eigenvalue weighted by molar-refractivity contribution is 6.52. The predicted molar refractivity (Wildman–Crippen MR) is 256 cm³/mol. The number of aromatic nitrogens is 4. The summed E-state index contributed by atoms with van der Waals surface area (Å²) in [6.07, 6.45) is 0. The molecule has 62 heavy (non-hydrogen) atoms. The number of benzene rings is 6. The van der Waals surface area contributed by atoms with Crippen LogP contribution in [0.1, 0.15) is 7.43 Å². The van der Waals surface area contributed by atoms with Gasteiger partial charge >= 0.3 is 0 Å². The van der Waals surface area contributed by atoms with Gasteiger partial charge < -0.3 is 0 Å². The van der Waals surface area contributed by atoms with Crippen LogP contribution in [0.15, 0.2) is 158 Å². The van der Waals surface area contributed by atoms with E-state index in [0.717, 1.165) is 27.7 Å². The Labute approximate surface area is 377 Å². The van der Waals surface area contributed by atoms with Crippen LogP contribution in [0.5, 0.6) is 0 Å². The molecule has 12 heteroatoms. The normalized spacial score (nSPS) is 9.74. The average Bonchev–Trinajstić information content (AvgIpc) is 3.32. The van der Waals surface area contributed by atoms with Crippen molar-refractivity contribution >= 4 is 70.3 Å². The van der Waals surface area contributed by atoms with Crippen LogP contribution in [0.4, 0.5) is 22.7 Å². The van der Waals surface area contributed by atoms with Gasteiger partial charge in [0.2, 0.25) is 22.7 Å². The topological polar surface area (TPSA) is 69.0 Å². The van der Waals surface area contributed by atoms with Gasteiger partial charge in [0.1, 0.15) is 12.4 Å². The van der Waals surface area contributed by atoms with Crippen LogP contribution in [0.2, 0.25) is 22.0 Å². The molecule has 0 aliphatic heterocycles. The van der Waals surface area contributed by atoms with Gasteiger partial charge in [-0.3, -0.25) is 0 Å². The van der Waals surface area contributed by atoms with E-state index in [4.69, 9.17) is 71.1 Å². The van der Waals surface area contributed by atoms with E-state index in [-0.39, 0.29) is 18.3 Å². The molecule has 0 N–H and O–H groups in total. The molecule has 297 valence electrons. The molecule has 8 rings (SSSR count). The second-order valence-corrected chi connectivity index (χ2v) is 13.9. The maximum atomic E-state index is 7.80. The van der Waals surface area contributed by atoms with E-state index in [0.29, 0.717) is 61.4 Å². The molecule has 6 aromatic carbocycles. The van der Waals surface area contributed by atoms with Crippen LogP contribution in [0.25, 0.3) is 75.9 Å². The summed E-state index contributed by atoms with van der Waals surface area (Å²) in [5.74, 6) is 1.04. The van der Waals surface area contributed by atoms with Crippen molar-refractivity contribution in [2.45, 2.75) is 14.2 Å². The number of rotatable bonds is 6. The van der Waals surface area contributed by atoms with Gasteiger partial charge in [0.25, 0.3) is 0 Å². The van der Waals surface area contributed by atoms with Crippen molar-refractivity contribution in [3.63, 3.8) is 0 Å². The number of hydrogen-bond acceptors (Lipinski definition) is 4. The lowest BCUT2D eigenvalue weighted by atomic mass is 9.73. The van der Waals surface area contributed by atoms with Crippen molar-refractivity contribution in [3.8, 4) is 56.5 Å². The van der Waals surface area contributed by atoms with Gasteiger partial charge in [0.15, 0.2) is 11.6 Å². The molecule has 8 nitrogen and oxygen atoms in total. The first-order valence-electron chi connectivity index (χ1n) is 18.4. The molecule has 0 unspecified atom stereocenters. The summed E-state index contributed by atoms with van der Waals surface area (Å²) in [5.41, 5.74) is 8.14. The minimum atomic E-state index is 0. The van der Waals surface area contributed by atoms with Crippen molar-refractivity contribution in [1.29, 1.82) is 0 Å². The van der Waals surface area contributed by atoms with E-state index in [2.05, 4.69) is 29.3 Å². The Balaban J connectivity index is 0.000000192. The van der Waals surface area contributed by atoms with E-state index in [1.165, 1.54) is 0 Å². The molecule has 1 radical (unpaired) electrons. The Bertz CT molecular complexity index is 2980. The summed E-state index contributed by atoms with van der Waals surface area (Å²) in [4.78, 5) is 32.2. The Morgan fingerprint density at radius 2 is 0.806 bits per heavy atom. The van der Waals surface area contributed by atoms with Gasteiger partial charge in [-0.1, -0.05) is 206 Å². The van der Waals surface area contributed by atoms with E-state index in [1.807, 2.05) is 141 Å². The van der Waals surface area contributed by atoms with Gasteiger partial charge in [-0.05, 0) is 22.8 Å². The van der Waals surface area contributed by atoms with Crippen molar-refractivity contribution < 1.29 is 0 Å². The van der Waals surface area contributed by atoms with E-state index >= 15 is 0 Å². The molecule has 0 fully saturated rings. The Hall–Kier alpha value is -7.63. The van der Waals surface area contributed by atoms with Gasteiger partial charge in [0, 0.05) is 21.2 Å². The van der Waals surface area contributed by atoms with Crippen LogP contribution < -0.4 is 5.46 Å². The van der Waals surface area contributed by atoms with Gasteiger partial charge in [-0.15, -0.1) is 0 Å². The molecule has 2 heterocycles. The summed E-state index contributed by atoms with van der Waals surface area (Å²) in [7, 11) is 1.94. The minimum absolute atomic E-state index is 0. The molecule has 8 aromatic rings. The lowest BCUT2D eigenvalue weighted by Crippen LogP contribution is -2.08. The minimum Gasteiger partial charge on any atom is -0.240 e. The average molecular weight is 863 g/mol. The zero-order valence-electron chi connectivity index (χ0n) is 32.3. The van der Waals surface area contributed by atoms with Gasteiger partial charge in [-0.2, -0.15) is 0 Å². The summed E-state index contributed by atoms with van der Waals surface area (Å²) >= 11 is 18.0. The Morgan fingerprint density at radius 3 is 1.24 bits per heavy atom. The fourth-order valence-electron chi connectivity index (χ4n) is 5.86. The van der Waals surface area contributed by atoms with Gasteiger partial charge in [-0.25, -0.2) is 39.3 Å². The molecule has 0 aliphatic carbocycles. The van der Waals surface area contributed by atoms with Crippen LogP contribution in [0.3, 0.4) is 0 Å². The lowest BCUT2D eigenvalue weighted by Gasteiger charge is -2.13. The SMILES string of the molecule is C.[C-]#[N+]c1c(Cl)nc(-c2ccccc2)nc1-c1ccccc1.[C-]#[N+]c1cc(-c2nc(-c3ccccc3)nc(-c3ccccc3)c2[N+]#[C-])ccc1Cl.[C-]#[N+]c1cc([B]C)ccc1Cl. The highest BCUT2D eigenvalue weighted by atomic mass is 35.5. The van der Waals surface area contributed by atoms with Crippen molar-refractivity contribution in [3.05, 3.63) is 219 Å². The second-order valence-electron chi connectivity index (χ2n) is 12.7. The van der Waals surface area contributed by atoms with E-state index in [9.17, 15) is 0 Å². The van der Waals surface area contributed by atoms with Gasteiger partial charge in [0.05, 0.1) is 43.4 Å². The first kappa shape index (κ1) is 45.5. The fourth-order valence-corrected chi connectivity index (χ4v) is 6.39. The molecule has 0 atom stereocenters. The largest absolute Gasteiger partial charge is 0.249 e. The van der Waals surface area contributed by atoms with Crippen molar-refractivity contribution in [1.82, 2.24) is 19.9 Å². The zero-order chi connectivity index (χ0) is 43.1. The summed E-state index contributed by atoms with van der Waals surface area (Å²) in [5, 5.41) is 1.07. The van der Waals surface area contributed by atoms with Crippen LogP contribution in [-0.4, -0.2) is 27.2 Å². The summed E-state index contributed by atoms with van der Waals surface area (Å²) < 4.78 is 0. The molecule has 0 aliphatic rings. The molecular weight excluding hydrogens is 830 g/mol. The standard InChI is InChI=1S/C24H13ClN4.C17H10ClN3.C8H6BClN.CH4/c1-26-20-15-18(13-14-19(20)25)22-23(27-2)21(16-9-5-3-6-10-16)28-24(29-22)17-11-7-4-8-12-17;1-19-15-14(12-8-4-2-5-9-12)20-17(21-16(15)18)13-10-6-3-7-11-13;1-9-6-3-4-7(10)8(5-6)11-2;/h3-15H;2-11H;3-5H,1H3;1H4. The third kappa shape index (κ3) is 10.9. The first-order valence-corrected chi connectivity index (χ1v) is 19.5. The van der Waals surface area contributed by atoms with Crippen molar-refractivity contribution in [2.75, 3.05) is 0 Å². The predicted octanol–water partition coefficient (Wildman–Crippen LogP) is 15.2. The molecule has 0 saturated heterocycles. The van der Waals surface area contributed by atoms with E-state index < -0.39 is 0 Å². The smallest absolute Gasteiger partial charge is 0.240 e. The number of hydrogen-bond donors (Lipinski definition) is 0. The third-order valence-corrected chi connectivity index (χ3v) is 9.77. The number of nitrogens with zero attached hydrogens (tertiary/aromatic N) is 8. The molecule has 0 saturated carbocycles. The van der Waals surface area contributed by atoms with Crippen LogP contribution in [0, 0.1) is 26.3 Å². The summed E-state index contributed by atoms with van der Waals surface area (Å²) in [6, 6.07) is 48.8. The first-order chi connectivity index (χ1) is 29.8. The fraction of sp³-hybridized carbons (Fsp3) is 0.0400. The highest BCUT2D eigenvalue weighted by Gasteiger charge is 2.20. The maximum absolute atomic E-state index is 7.80. The monoisotopic (exact) mass is 861 g/mol. The third-order valence-electron chi connectivity index (χ3n) is 8.87. The quantitative estimate of drug-likeness (QED) is 0.0949. The Morgan fingerprint density at radius 1 is 0.419 bits per heavy atom. The molecule has 2 aromatic heterocycles. The molecule has 0 bridgehead atoms. The number of halogens is 3. The zero-order valence-corrected chi connectivity index (χ0v) is 34.6. The lowest BCUT2D eigenvalue weighted by molar-refractivity contribution is 1.19. The maximum Gasteiger partial charge on any atom is 0.249 e. The molecule has 0 spiro atoms. The van der Waals surface area contributed by atoms with Crippen LogP contribution in [-0.2, 0) is 0 Å². The summed E-state index contributed by atoms with van der Waals surface area (Å²) in [6.45, 7) is 31.2. The Kier molecular flexibility index (Phi) is 16.2. The van der Waals surface area contributed by atoms with Crippen LogP contribution >= 0.6 is 34.8 Å². The van der Waals surface area contributed by atoms with Crippen molar-refractivity contribution in [2.24, 2.45) is 0 Å². The highest BCUT2D eigenvalue weighted by Crippen LogP contribution is 2.41.